The third-order valence-electron chi connectivity index (χ3n) is 14.2. The van der Waals surface area contributed by atoms with Gasteiger partial charge in [0.05, 0.1) is 5.41 Å². The molecule has 5 aliphatic rings. The van der Waals surface area contributed by atoms with Gasteiger partial charge in [0.1, 0.15) is 6.10 Å². The molecule has 0 saturated heterocycles. The van der Waals surface area contributed by atoms with E-state index in [1.54, 1.807) is 0 Å². The molecule has 0 amide bonds. The molecule has 3 N–H and O–H groups in total. The molecule has 0 aromatic heterocycles. The molecule has 0 aliphatic heterocycles. The molecule has 5 fully saturated rings. The highest BCUT2D eigenvalue weighted by molar-refractivity contribution is 5.76. The zero-order chi connectivity index (χ0) is 27.9. The van der Waals surface area contributed by atoms with Crippen LogP contribution in [0, 0.1) is 62.6 Å². The van der Waals surface area contributed by atoms with E-state index in [0.717, 1.165) is 51.4 Å². The lowest BCUT2D eigenvalue weighted by molar-refractivity contribution is -0.252. The van der Waals surface area contributed by atoms with E-state index in [1.807, 2.05) is 0 Å². The van der Waals surface area contributed by atoms with Crippen LogP contribution in [0.5, 0.6) is 0 Å². The smallest absolute Gasteiger partial charge is 0.309 e. The summed E-state index contributed by atoms with van der Waals surface area (Å²) >= 11 is 0. The van der Waals surface area contributed by atoms with Gasteiger partial charge in [0, 0.05) is 31.5 Å². The van der Waals surface area contributed by atoms with E-state index in [2.05, 4.69) is 34.6 Å². The summed E-state index contributed by atoms with van der Waals surface area (Å²) in [5, 5.41) is 30.9. The Bertz CT molecular complexity index is 958. The number of hydrogen-bond donors (Lipinski definition) is 3. The summed E-state index contributed by atoms with van der Waals surface area (Å²) in [5.74, 6) is 0.344. The third-order valence-corrected chi connectivity index (χ3v) is 14.2. The number of hydrogen-bond acceptors (Lipinski definition) is 5. The number of aliphatic hydroxyl groups excluding tert-OH is 2. The Morgan fingerprint density at radius 1 is 0.816 bits per heavy atom. The maximum absolute atomic E-state index is 12.9. The van der Waals surface area contributed by atoms with Crippen molar-refractivity contribution < 1.29 is 29.6 Å². The molecule has 0 heterocycles. The third kappa shape index (κ3) is 3.57. The van der Waals surface area contributed by atoms with Crippen LogP contribution in [-0.4, -0.2) is 46.6 Å². The summed E-state index contributed by atoms with van der Waals surface area (Å²) in [7, 11) is 0. The van der Waals surface area contributed by atoms with Crippen LogP contribution < -0.4 is 0 Å². The summed E-state index contributed by atoms with van der Waals surface area (Å²) < 4.78 is 5.87. The molecule has 5 aliphatic carbocycles. The maximum Gasteiger partial charge on any atom is 0.309 e. The number of fused-ring (bicyclic) bond motifs is 7. The van der Waals surface area contributed by atoms with Gasteiger partial charge in [0.2, 0.25) is 0 Å². The number of rotatable bonds is 5. The first-order valence-corrected chi connectivity index (χ1v) is 15.4. The van der Waals surface area contributed by atoms with Gasteiger partial charge in [0.15, 0.2) is 0 Å². The van der Waals surface area contributed by atoms with Gasteiger partial charge in [-0.25, -0.2) is 0 Å². The van der Waals surface area contributed by atoms with Gasteiger partial charge in [-0.05, 0) is 110 Å². The Morgan fingerprint density at radius 2 is 1.50 bits per heavy atom. The minimum atomic E-state index is -0.716. The van der Waals surface area contributed by atoms with E-state index >= 15 is 0 Å². The normalized spacial score (nSPS) is 49.4. The first-order valence-electron chi connectivity index (χ1n) is 15.4. The van der Waals surface area contributed by atoms with E-state index in [-0.39, 0.29) is 64.7 Å². The number of aliphatic hydroxyl groups is 2. The van der Waals surface area contributed by atoms with Crippen molar-refractivity contribution in [3.05, 3.63) is 0 Å². The second-order valence-electron chi connectivity index (χ2n) is 15.4. The molecule has 216 valence electrons. The van der Waals surface area contributed by atoms with Gasteiger partial charge in [-0.2, -0.15) is 0 Å². The van der Waals surface area contributed by atoms with Crippen molar-refractivity contribution in [1.82, 2.24) is 0 Å². The Morgan fingerprint density at radius 3 is 2.11 bits per heavy atom. The van der Waals surface area contributed by atoms with Crippen LogP contribution in [-0.2, 0) is 14.3 Å². The number of aliphatic carboxylic acids is 1. The Hall–Kier alpha value is -1.14. The molecule has 5 rings (SSSR count). The number of carbonyl (C=O) groups excluding carboxylic acids is 1. The molecule has 6 heteroatoms. The molecule has 10 atom stereocenters. The Labute approximate surface area is 229 Å². The van der Waals surface area contributed by atoms with Gasteiger partial charge in [-0.1, -0.05) is 34.6 Å². The molecular formula is C32H52O6. The first kappa shape index (κ1) is 28.4. The standard InChI is InChI=1S/C32H52O6/c1-19(35)38-25-11-12-29(4)23(28(25,2)3)10-13-31(6)24(29)8-7-22-26-21(20(17-33)18-34)9-14-32(26,27(36)37)16-15-30(22,31)5/h20-26,33-34H,7-18H2,1-6H3,(H,36,37)/t21-,22?,23?,24?,25+,26?,29-,30+,31+,32-/m0/s1. The van der Waals surface area contributed by atoms with Crippen molar-refractivity contribution in [2.45, 2.75) is 112 Å². The lowest BCUT2D eigenvalue weighted by atomic mass is 9.32. The van der Waals surface area contributed by atoms with E-state index < -0.39 is 11.4 Å². The molecular weight excluding hydrogens is 480 g/mol. The zero-order valence-corrected chi connectivity index (χ0v) is 24.6. The number of carboxylic acids is 1. The lowest BCUT2D eigenvalue weighted by Gasteiger charge is -2.72. The highest BCUT2D eigenvalue weighted by atomic mass is 16.5. The van der Waals surface area contributed by atoms with Crippen molar-refractivity contribution in [2.75, 3.05) is 13.2 Å². The fourth-order valence-corrected chi connectivity index (χ4v) is 12.3. The van der Waals surface area contributed by atoms with Crippen molar-refractivity contribution >= 4 is 11.9 Å². The number of esters is 1. The molecule has 5 saturated carbocycles. The fraction of sp³-hybridized carbons (Fsp3) is 0.938. The van der Waals surface area contributed by atoms with E-state index in [0.29, 0.717) is 30.6 Å². The van der Waals surface area contributed by atoms with E-state index in [9.17, 15) is 24.9 Å². The van der Waals surface area contributed by atoms with Crippen molar-refractivity contribution in [1.29, 1.82) is 0 Å². The van der Waals surface area contributed by atoms with Crippen LogP contribution in [0.15, 0.2) is 0 Å². The summed E-state index contributed by atoms with van der Waals surface area (Å²) in [6, 6.07) is 0. The molecule has 0 aromatic carbocycles. The number of carbonyl (C=O) groups is 2. The molecule has 0 radical (unpaired) electrons. The summed E-state index contributed by atoms with van der Waals surface area (Å²) in [6.45, 7) is 13.5. The van der Waals surface area contributed by atoms with Crippen LogP contribution in [0.1, 0.15) is 106 Å². The van der Waals surface area contributed by atoms with Gasteiger partial charge in [0.25, 0.3) is 0 Å². The second kappa shape index (κ2) is 9.19. The largest absolute Gasteiger partial charge is 0.481 e. The predicted octanol–water partition coefficient (Wildman–Crippen LogP) is 5.69. The van der Waals surface area contributed by atoms with Crippen LogP contribution in [0.25, 0.3) is 0 Å². The topological polar surface area (TPSA) is 104 Å². The highest BCUT2D eigenvalue weighted by Crippen LogP contribution is 2.77. The summed E-state index contributed by atoms with van der Waals surface area (Å²) in [5.41, 5.74) is -0.490. The first-order chi connectivity index (χ1) is 17.7. The zero-order valence-electron chi connectivity index (χ0n) is 24.6. The molecule has 4 unspecified atom stereocenters. The fourth-order valence-electron chi connectivity index (χ4n) is 12.3. The Kier molecular flexibility index (Phi) is 6.87. The minimum absolute atomic E-state index is 0.0162. The average molecular weight is 533 g/mol. The van der Waals surface area contributed by atoms with Gasteiger partial charge in [-0.15, -0.1) is 0 Å². The monoisotopic (exact) mass is 532 g/mol. The molecule has 6 nitrogen and oxygen atoms in total. The summed E-state index contributed by atoms with van der Waals surface area (Å²) in [6.07, 6.45) is 9.46. The van der Waals surface area contributed by atoms with Crippen LogP contribution >= 0.6 is 0 Å². The maximum atomic E-state index is 12.9. The Balaban J connectivity index is 1.52. The quantitative estimate of drug-likeness (QED) is 0.393. The van der Waals surface area contributed by atoms with Gasteiger partial charge in [-0.3, -0.25) is 9.59 Å². The van der Waals surface area contributed by atoms with Crippen molar-refractivity contribution in [3.8, 4) is 0 Å². The molecule has 0 bridgehead atoms. The van der Waals surface area contributed by atoms with Gasteiger partial charge < -0.3 is 20.1 Å². The van der Waals surface area contributed by atoms with Crippen molar-refractivity contribution in [2.24, 2.45) is 62.6 Å². The number of carboxylic acid groups (broad SMARTS) is 1. The number of ether oxygens (including phenoxy) is 1. The van der Waals surface area contributed by atoms with Crippen LogP contribution in [0.4, 0.5) is 0 Å². The van der Waals surface area contributed by atoms with Crippen LogP contribution in [0.2, 0.25) is 0 Å². The average Bonchev–Trinajstić information content (AvgIpc) is 3.23. The highest BCUT2D eigenvalue weighted by Gasteiger charge is 2.72. The SMILES string of the molecule is CC(=O)O[C@@H]1CC[C@@]2(C)C(CC[C@]3(C)C2CCC2C4[C@H](C(CO)CO)CC[C@]4(C(=O)O)CC[C@]23C)C1(C)C. The molecule has 0 aromatic rings. The van der Waals surface area contributed by atoms with E-state index in [1.165, 1.54) is 6.92 Å². The minimum Gasteiger partial charge on any atom is -0.481 e. The predicted molar refractivity (Wildman–Crippen MR) is 145 cm³/mol. The summed E-state index contributed by atoms with van der Waals surface area (Å²) in [4.78, 5) is 24.8. The molecule has 38 heavy (non-hydrogen) atoms. The van der Waals surface area contributed by atoms with Crippen LogP contribution in [0.3, 0.4) is 0 Å². The van der Waals surface area contributed by atoms with E-state index in [4.69, 9.17) is 4.74 Å². The van der Waals surface area contributed by atoms with Crippen molar-refractivity contribution in [3.63, 3.8) is 0 Å². The molecule has 0 spiro atoms. The second-order valence-corrected chi connectivity index (χ2v) is 15.4. The lowest BCUT2D eigenvalue weighted by Crippen LogP contribution is -2.67. The van der Waals surface area contributed by atoms with Gasteiger partial charge >= 0.3 is 11.9 Å².